The molecule has 0 bridgehead atoms. The van der Waals surface area contributed by atoms with Crippen molar-refractivity contribution in [1.29, 1.82) is 0 Å². The summed E-state index contributed by atoms with van der Waals surface area (Å²) in [4.78, 5) is 0. The van der Waals surface area contributed by atoms with Crippen LogP contribution >= 0.6 is 23.2 Å². The van der Waals surface area contributed by atoms with E-state index in [0.29, 0.717) is 0 Å². The summed E-state index contributed by atoms with van der Waals surface area (Å²) in [6, 6.07) is 15.1. The SMILES string of the molecule is Clc1ccc(C=C=C=Cc2ccc(Cl)cc2)cc1. The lowest BCUT2D eigenvalue weighted by atomic mass is 10.2. The predicted molar refractivity (Wildman–Crippen MR) is 78.9 cm³/mol. The minimum absolute atomic E-state index is 0.729. The monoisotopic (exact) mass is 272 g/mol. The molecule has 0 aromatic heterocycles. The van der Waals surface area contributed by atoms with Gasteiger partial charge in [0.2, 0.25) is 0 Å². The van der Waals surface area contributed by atoms with Crippen LogP contribution < -0.4 is 0 Å². The molecule has 0 aliphatic heterocycles. The van der Waals surface area contributed by atoms with Crippen molar-refractivity contribution in [3.63, 3.8) is 0 Å². The molecule has 0 aliphatic rings. The molecule has 2 aromatic rings. The molecule has 0 aliphatic carbocycles. The Morgan fingerprint density at radius 3 is 1.28 bits per heavy atom. The molecule has 0 nitrogen and oxygen atoms in total. The normalized spacial score (nSPS) is 9.22. The first-order valence-corrected chi connectivity index (χ1v) is 6.18. The minimum Gasteiger partial charge on any atom is -0.0843 e. The Labute approximate surface area is 116 Å². The zero-order valence-electron chi connectivity index (χ0n) is 9.53. The quantitative estimate of drug-likeness (QED) is 0.636. The number of benzene rings is 2. The van der Waals surface area contributed by atoms with Crippen molar-refractivity contribution < 1.29 is 0 Å². The molecule has 0 saturated heterocycles. The highest BCUT2D eigenvalue weighted by Gasteiger charge is 1.87. The van der Waals surface area contributed by atoms with Crippen LogP contribution in [0, 0.1) is 0 Å². The fourth-order valence-electron chi connectivity index (χ4n) is 1.37. The zero-order chi connectivity index (χ0) is 12.8. The highest BCUT2D eigenvalue weighted by Crippen LogP contribution is 2.11. The van der Waals surface area contributed by atoms with Crippen molar-refractivity contribution in [2.45, 2.75) is 0 Å². The fraction of sp³-hybridized carbons (Fsp3) is 0. The van der Waals surface area contributed by atoms with Gasteiger partial charge in [-0.3, -0.25) is 0 Å². The van der Waals surface area contributed by atoms with Crippen LogP contribution in [0.5, 0.6) is 0 Å². The molecule has 2 heteroatoms. The van der Waals surface area contributed by atoms with Gasteiger partial charge in [-0.15, -0.1) is 0 Å². The van der Waals surface area contributed by atoms with Gasteiger partial charge in [0.25, 0.3) is 0 Å². The minimum atomic E-state index is 0.729. The van der Waals surface area contributed by atoms with E-state index < -0.39 is 0 Å². The van der Waals surface area contributed by atoms with Gasteiger partial charge in [0.1, 0.15) is 0 Å². The molecular weight excluding hydrogens is 263 g/mol. The van der Waals surface area contributed by atoms with Gasteiger partial charge < -0.3 is 0 Å². The summed E-state index contributed by atoms with van der Waals surface area (Å²) in [6.45, 7) is 0. The van der Waals surface area contributed by atoms with Gasteiger partial charge in [-0.05, 0) is 47.5 Å². The molecule has 0 atom stereocenters. The van der Waals surface area contributed by atoms with Crippen LogP contribution in [0.15, 0.2) is 60.0 Å². The summed E-state index contributed by atoms with van der Waals surface area (Å²) in [5.74, 6) is 0. The number of hydrogen-bond acceptors (Lipinski definition) is 0. The lowest BCUT2D eigenvalue weighted by Crippen LogP contribution is -1.68. The van der Waals surface area contributed by atoms with E-state index >= 15 is 0 Å². The summed E-state index contributed by atoms with van der Waals surface area (Å²) < 4.78 is 0. The van der Waals surface area contributed by atoms with Gasteiger partial charge in [-0.1, -0.05) is 58.9 Å². The highest BCUT2D eigenvalue weighted by molar-refractivity contribution is 6.30. The molecule has 2 aromatic carbocycles. The van der Waals surface area contributed by atoms with Gasteiger partial charge >= 0.3 is 0 Å². The summed E-state index contributed by atoms with van der Waals surface area (Å²) in [5.41, 5.74) is 8.03. The molecule has 0 amide bonds. The number of halogens is 2. The second-order valence-corrected chi connectivity index (χ2v) is 4.55. The third-order valence-corrected chi connectivity index (χ3v) is 2.80. The smallest absolute Gasteiger partial charge is 0.0406 e. The molecule has 0 heterocycles. The van der Waals surface area contributed by atoms with Crippen molar-refractivity contribution in [1.82, 2.24) is 0 Å². The molecule has 0 unspecified atom stereocenters. The molecule has 0 spiro atoms. The van der Waals surface area contributed by atoms with Crippen LogP contribution in [0.3, 0.4) is 0 Å². The molecular formula is C16H10Cl2. The van der Waals surface area contributed by atoms with Gasteiger partial charge in [-0.25, -0.2) is 0 Å². The molecule has 0 N–H and O–H groups in total. The van der Waals surface area contributed by atoms with Crippen molar-refractivity contribution in [3.8, 4) is 0 Å². The van der Waals surface area contributed by atoms with E-state index in [1.807, 2.05) is 60.7 Å². The lowest BCUT2D eigenvalue weighted by molar-refractivity contribution is 1.66. The van der Waals surface area contributed by atoms with Crippen LogP contribution in [0.2, 0.25) is 10.0 Å². The Bertz CT molecular complexity index is 552. The van der Waals surface area contributed by atoms with Gasteiger partial charge in [0, 0.05) is 10.0 Å². The summed E-state index contributed by atoms with van der Waals surface area (Å²) in [5, 5.41) is 1.46. The Morgan fingerprint density at radius 2 is 0.944 bits per heavy atom. The molecule has 88 valence electrons. The second-order valence-electron chi connectivity index (χ2n) is 3.68. The summed E-state index contributed by atoms with van der Waals surface area (Å²) in [7, 11) is 0. The first-order valence-electron chi connectivity index (χ1n) is 5.43. The largest absolute Gasteiger partial charge is 0.0843 e. The summed E-state index contributed by atoms with van der Waals surface area (Å²) >= 11 is 11.6. The van der Waals surface area contributed by atoms with Crippen molar-refractivity contribution in [2.75, 3.05) is 0 Å². The average Bonchev–Trinajstić information content (AvgIpc) is 2.39. The molecule has 2 rings (SSSR count). The van der Waals surface area contributed by atoms with E-state index in [4.69, 9.17) is 23.2 Å². The molecule has 18 heavy (non-hydrogen) atoms. The van der Waals surface area contributed by atoms with E-state index in [9.17, 15) is 0 Å². The Kier molecular flexibility index (Phi) is 4.47. The van der Waals surface area contributed by atoms with Crippen molar-refractivity contribution >= 4 is 35.4 Å². The van der Waals surface area contributed by atoms with E-state index in [0.717, 1.165) is 21.2 Å². The highest BCUT2D eigenvalue weighted by atomic mass is 35.5. The summed E-state index contributed by atoms with van der Waals surface area (Å²) in [6.07, 6.45) is 3.70. The predicted octanol–water partition coefficient (Wildman–Crippen LogP) is 5.47. The molecule has 0 saturated carbocycles. The van der Waals surface area contributed by atoms with Crippen LogP contribution in [0.4, 0.5) is 0 Å². The van der Waals surface area contributed by atoms with Crippen LogP contribution in [0.1, 0.15) is 11.1 Å². The zero-order valence-corrected chi connectivity index (χ0v) is 11.0. The maximum Gasteiger partial charge on any atom is 0.0406 e. The maximum absolute atomic E-state index is 5.80. The van der Waals surface area contributed by atoms with Gasteiger partial charge in [0.15, 0.2) is 0 Å². The Hall–Kier alpha value is -1.68. The van der Waals surface area contributed by atoms with E-state index in [1.54, 1.807) is 0 Å². The molecule has 0 radical (unpaired) electrons. The van der Waals surface area contributed by atoms with Crippen LogP contribution in [0.25, 0.3) is 12.2 Å². The number of hydrogen-bond donors (Lipinski definition) is 0. The first kappa shape index (κ1) is 12.8. The third-order valence-electron chi connectivity index (χ3n) is 2.30. The lowest BCUT2D eigenvalue weighted by Gasteiger charge is -1.90. The number of rotatable bonds is 2. The standard InChI is InChI=1S/C16H10Cl2/c17-15-9-5-13(6-10-15)3-1-2-4-14-7-11-16(18)12-8-14/h3-12H. The van der Waals surface area contributed by atoms with Crippen molar-refractivity contribution in [2.24, 2.45) is 0 Å². The van der Waals surface area contributed by atoms with E-state index in [1.165, 1.54) is 0 Å². The fourth-order valence-corrected chi connectivity index (χ4v) is 1.62. The first-order chi connectivity index (χ1) is 8.74. The van der Waals surface area contributed by atoms with Gasteiger partial charge in [0.05, 0.1) is 0 Å². The van der Waals surface area contributed by atoms with Gasteiger partial charge in [-0.2, -0.15) is 0 Å². The van der Waals surface area contributed by atoms with Crippen LogP contribution in [-0.2, 0) is 0 Å². The van der Waals surface area contributed by atoms with E-state index in [-0.39, 0.29) is 0 Å². The average molecular weight is 273 g/mol. The maximum atomic E-state index is 5.80. The van der Waals surface area contributed by atoms with Crippen molar-refractivity contribution in [3.05, 3.63) is 81.2 Å². The molecule has 0 fully saturated rings. The topological polar surface area (TPSA) is 0 Å². The Morgan fingerprint density at radius 1 is 0.611 bits per heavy atom. The van der Waals surface area contributed by atoms with Crippen LogP contribution in [-0.4, -0.2) is 0 Å². The third kappa shape index (κ3) is 3.96. The van der Waals surface area contributed by atoms with E-state index in [2.05, 4.69) is 11.5 Å². The second kappa shape index (κ2) is 6.31. The Balaban J connectivity index is 2.15.